The number of rotatable bonds is 3. The highest BCUT2D eigenvalue weighted by molar-refractivity contribution is 9.10. The third kappa shape index (κ3) is 3.10. The Kier molecular flexibility index (Phi) is 4.36. The summed E-state index contributed by atoms with van der Waals surface area (Å²) in [5.74, 6) is 0. The zero-order chi connectivity index (χ0) is 15.5. The minimum Gasteiger partial charge on any atom is -0.463 e. The number of nitrogens with one attached hydrogen (secondary N) is 1. The van der Waals surface area contributed by atoms with Crippen LogP contribution in [-0.4, -0.2) is 6.09 Å². The summed E-state index contributed by atoms with van der Waals surface area (Å²) in [6.45, 7) is 0.201. The fourth-order valence-corrected chi connectivity index (χ4v) is 2.99. The molecular weight excluding hydrogens is 370 g/mol. The molecule has 0 spiro atoms. The van der Waals surface area contributed by atoms with Crippen molar-refractivity contribution in [2.24, 2.45) is 0 Å². The van der Waals surface area contributed by atoms with Gasteiger partial charge >= 0.3 is 6.09 Å². The Hall–Kier alpha value is -1.98. The Morgan fingerprint density at radius 3 is 2.82 bits per heavy atom. The molecule has 3 rings (SSSR count). The monoisotopic (exact) mass is 379 g/mol. The van der Waals surface area contributed by atoms with Crippen LogP contribution in [-0.2, 0) is 11.3 Å². The molecular formula is C16H11BrClNO3. The maximum Gasteiger partial charge on any atom is 0.412 e. The third-order valence-electron chi connectivity index (χ3n) is 3.08. The van der Waals surface area contributed by atoms with Crippen molar-refractivity contribution in [3.63, 3.8) is 0 Å². The minimum atomic E-state index is -0.547. The lowest BCUT2D eigenvalue weighted by molar-refractivity contribution is 0.155. The number of ether oxygens (including phenoxy) is 1. The van der Waals surface area contributed by atoms with Gasteiger partial charge in [-0.15, -0.1) is 0 Å². The van der Waals surface area contributed by atoms with E-state index in [4.69, 9.17) is 20.8 Å². The van der Waals surface area contributed by atoms with Gasteiger partial charge in [0.05, 0.1) is 17.0 Å². The average Bonchev–Trinajstić information content (AvgIpc) is 3.00. The number of hydrogen-bond acceptors (Lipinski definition) is 3. The number of fused-ring (bicyclic) bond motifs is 1. The summed E-state index contributed by atoms with van der Waals surface area (Å²) in [5.41, 5.74) is 2.00. The highest BCUT2D eigenvalue weighted by Crippen LogP contribution is 2.37. The van der Waals surface area contributed by atoms with Crippen LogP contribution in [0.25, 0.3) is 11.0 Å². The van der Waals surface area contributed by atoms with E-state index in [1.54, 1.807) is 12.1 Å². The molecule has 1 N–H and O–H groups in total. The van der Waals surface area contributed by atoms with Crippen LogP contribution in [0.15, 0.2) is 57.6 Å². The van der Waals surface area contributed by atoms with E-state index in [9.17, 15) is 4.79 Å². The summed E-state index contributed by atoms with van der Waals surface area (Å²) in [6, 6.07) is 12.9. The van der Waals surface area contributed by atoms with Crippen LogP contribution >= 0.6 is 27.5 Å². The summed E-state index contributed by atoms with van der Waals surface area (Å²) < 4.78 is 11.2. The zero-order valence-electron chi connectivity index (χ0n) is 11.3. The predicted octanol–water partition coefficient (Wildman–Crippen LogP) is 5.60. The van der Waals surface area contributed by atoms with Crippen molar-refractivity contribution in [2.45, 2.75) is 6.61 Å². The topological polar surface area (TPSA) is 51.5 Å². The summed E-state index contributed by atoms with van der Waals surface area (Å²) in [7, 11) is 0. The van der Waals surface area contributed by atoms with Crippen LogP contribution in [0.3, 0.4) is 0 Å². The molecule has 1 amide bonds. The standard InChI is InChI=1S/C16H11BrClNO3/c17-12-8-13(18)15-11(6-7-21-15)14(12)19-16(20)22-9-10-4-2-1-3-5-10/h1-8H,9H2,(H,19,20). The lowest BCUT2D eigenvalue weighted by Gasteiger charge is -2.10. The van der Waals surface area contributed by atoms with Crippen molar-refractivity contribution in [2.75, 3.05) is 5.32 Å². The molecule has 6 heteroatoms. The molecule has 0 bridgehead atoms. The second-order valence-corrected chi connectivity index (χ2v) is 5.83. The molecule has 1 heterocycles. The first kappa shape index (κ1) is 14.9. The van der Waals surface area contributed by atoms with Crippen molar-refractivity contribution in [3.05, 3.63) is 63.8 Å². The molecule has 1 aromatic heterocycles. The van der Waals surface area contributed by atoms with E-state index < -0.39 is 6.09 Å². The molecule has 0 saturated heterocycles. The maximum atomic E-state index is 12.0. The maximum absolute atomic E-state index is 12.0. The van der Waals surface area contributed by atoms with Crippen molar-refractivity contribution in [3.8, 4) is 0 Å². The van der Waals surface area contributed by atoms with Gasteiger partial charge in [-0.05, 0) is 33.6 Å². The summed E-state index contributed by atoms with van der Waals surface area (Å²) in [5, 5.41) is 3.88. The number of anilines is 1. The largest absolute Gasteiger partial charge is 0.463 e. The van der Waals surface area contributed by atoms with Gasteiger partial charge in [0.1, 0.15) is 6.61 Å². The number of carbonyl (C=O) groups excluding carboxylic acids is 1. The van der Waals surface area contributed by atoms with Crippen LogP contribution < -0.4 is 5.32 Å². The summed E-state index contributed by atoms with van der Waals surface area (Å²) in [6.07, 6.45) is 0.970. The van der Waals surface area contributed by atoms with Crippen LogP contribution in [0.5, 0.6) is 0 Å². The highest BCUT2D eigenvalue weighted by Gasteiger charge is 2.15. The van der Waals surface area contributed by atoms with Gasteiger partial charge in [-0.1, -0.05) is 41.9 Å². The number of benzene rings is 2. The van der Waals surface area contributed by atoms with Gasteiger partial charge < -0.3 is 9.15 Å². The normalized spacial score (nSPS) is 10.6. The molecule has 0 aliphatic heterocycles. The Morgan fingerprint density at radius 2 is 2.05 bits per heavy atom. The van der Waals surface area contributed by atoms with Crippen LogP contribution in [0, 0.1) is 0 Å². The van der Waals surface area contributed by atoms with E-state index >= 15 is 0 Å². The average molecular weight is 381 g/mol. The molecule has 4 nitrogen and oxygen atoms in total. The molecule has 0 aliphatic rings. The van der Waals surface area contributed by atoms with Crippen LogP contribution in [0.1, 0.15) is 5.56 Å². The molecule has 2 aromatic carbocycles. The number of hydrogen-bond donors (Lipinski definition) is 1. The van der Waals surface area contributed by atoms with Gasteiger partial charge in [0.25, 0.3) is 0 Å². The van der Waals surface area contributed by atoms with Crippen molar-refractivity contribution in [1.82, 2.24) is 0 Å². The number of carbonyl (C=O) groups is 1. The molecule has 0 unspecified atom stereocenters. The summed E-state index contributed by atoms with van der Waals surface area (Å²) >= 11 is 9.47. The third-order valence-corrected chi connectivity index (χ3v) is 3.99. The Labute approximate surface area is 140 Å². The smallest absolute Gasteiger partial charge is 0.412 e. The van der Waals surface area contributed by atoms with Crippen molar-refractivity contribution < 1.29 is 13.9 Å². The lowest BCUT2D eigenvalue weighted by atomic mass is 10.2. The van der Waals surface area contributed by atoms with Crippen LogP contribution in [0.4, 0.5) is 10.5 Å². The molecule has 112 valence electrons. The fraction of sp³-hybridized carbons (Fsp3) is 0.0625. The number of halogens is 2. The molecule has 0 aliphatic carbocycles. The second kappa shape index (κ2) is 6.42. The van der Waals surface area contributed by atoms with Gasteiger partial charge in [-0.2, -0.15) is 0 Å². The van der Waals surface area contributed by atoms with E-state index in [0.717, 1.165) is 5.56 Å². The van der Waals surface area contributed by atoms with Crippen molar-refractivity contribution in [1.29, 1.82) is 0 Å². The Morgan fingerprint density at radius 1 is 1.27 bits per heavy atom. The van der Waals surface area contributed by atoms with E-state index in [0.29, 0.717) is 26.2 Å². The first-order valence-corrected chi connectivity index (χ1v) is 7.65. The van der Waals surface area contributed by atoms with Crippen LogP contribution in [0.2, 0.25) is 5.02 Å². The molecule has 0 radical (unpaired) electrons. The van der Waals surface area contributed by atoms with Gasteiger partial charge in [-0.25, -0.2) is 4.79 Å². The number of amides is 1. The van der Waals surface area contributed by atoms with E-state index in [1.807, 2.05) is 30.3 Å². The molecule has 0 fully saturated rings. The van der Waals surface area contributed by atoms with Gasteiger partial charge in [-0.3, -0.25) is 5.32 Å². The molecule has 0 atom stereocenters. The van der Waals surface area contributed by atoms with E-state index in [1.165, 1.54) is 6.26 Å². The SMILES string of the molecule is O=C(Nc1c(Br)cc(Cl)c2occc12)OCc1ccccc1. The van der Waals surface area contributed by atoms with E-state index in [2.05, 4.69) is 21.2 Å². The quantitative estimate of drug-likeness (QED) is 0.643. The Balaban J connectivity index is 1.76. The highest BCUT2D eigenvalue weighted by atomic mass is 79.9. The minimum absolute atomic E-state index is 0.201. The van der Waals surface area contributed by atoms with E-state index in [-0.39, 0.29) is 6.61 Å². The number of furan rings is 1. The first-order chi connectivity index (χ1) is 10.6. The first-order valence-electron chi connectivity index (χ1n) is 6.48. The fourth-order valence-electron chi connectivity index (χ4n) is 2.06. The molecule has 3 aromatic rings. The molecule has 0 saturated carbocycles. The van der Waals surface area contributed by atoms with Gasteiger partial charge in [0.2, 0.25) is 0 Å². The second-order valence-electron chi connectivity index (χ2n) is 4.57. The lowest BCUT2D eigenvalue weighted by Crippen LogP contribution is -2.14. The summed E-state index contributed by atoms with van der Waals surface area (Å²) in [4.78, 5) is 12.0. The molecule has 22 heavy (non-hydrogen) atoms. The van der Waals surface area contributed by atoms with Gasteiger partial charge in [0, 0.05) is 9.86 Å². The zero-order valence-corrected chi connectivity index (χ0v) is 13.6. The van der Waals surface area contributed by atoms with Crippen molar-refractivity contribution >= 4 is 50.3 Å². The Bertz CT molecular complexity index is 817. The predicted molar refractivity (Wildman–Crippen MR) is 89.2 cm³/mol. The van der Waals surface area contributed by atoms with Gasteiger partial charge in [0.15, 0.2) is 5.58 Å².